The largest absolute Gasteiger partial charge is 0.493 e. The number of benzene rings is 1. The van der Waals surface area contributed by atoms with Crippen molar-refractivity contribution in [3.63, 3.8) is 0 Å². The zero-order valence-electron chi connectivity index (χ0n) is 15.5. The summed E-state index contributed by atoms with van der Waals surface area (Å²) in [6, 6.07) is 11.6. The first-order valence-electron chi connectivity index (χ1n) is 8.71. The van der Waals surface area contributed by atoms with E-state index in [1.54, 1.807) is 38.1 Å². The van der Waals surface area contributed by atoms with Crippen molar-refractivity contribution in [1.29, 1.82) is 0 Å². The van der Waals surface area contributed by atoms with Gasteiger partial charge in [0, 0.05) is 23.5 Å². The highest BCUT2D eigenvalue weighted by Crippen LogP contribution is 2.28. The second kappa shape index (κ2) is 9.28. The van der Waals surface area contributed by atoms with Gasteiger partial charge in [0.05, 0.1) is 33.2 Å². The molecule has 0 saturated carbocycles. The summed E-state index contributed by atoms with van der Waals surface area (Å²) < 4.78 is 15.8. The van der Waals surface area contributed by atoms with Crippen LogP contribution in [0.25, 0.3) is 0 Å². The normalized spacial score (nSPS) is 10.6. The van der Waals surface area contributed by atoms with Gasteiger partial charge in [-0.25, -0.2) is 0 Å². The summed E-state index contributed by atoms with van der Waals surface area (Å²) in [5.74, 6) is 1.35. The second-order valence-electron chi connectivity index (χ2n) is 6.14. The molecule has 27 heavy (non-hydrogen) atoms. The fourth-order valence-electron chi connectivity index (χ4n) is 2.87. The molecule has 0 unspecified atom stereocenters. The molecule has 0 fully saturated rings. The van der Waals surface area contributed by atoms with Gasteiger partial charge >= 0.3 is 0 Å². The Morgan fingerprint density at radius 1 is 1.11 bits per heavy atom. The highest BCUT2D eigenvalue weighted by molar-refractivity contribution is 7.09. The molecule has 6 heteroatoms. The van der Waals surface area contributed by atoms with Gasteiger partial charge in [-0.05, 0) is 41.6 Å². The summed E-state index contributed by atoms with van der Waals surface area (Å²) in [5, 5.41) is 2.06. The molecule has 0 spiro atoms. The summed E-state index contributed by atoms with van der Waals surface area (Å²) in [5.41, 5.74) is 1.88. The summed E-state index contributed by atoms with van der Waals surface area (Å²) in [6.07, 6.45) is 4.46. The van der Waals surface area contributed by atoms with Crippen LogP contribution in [0, 0.1) is 0 Å². The molecule has 5 nitrogen and oxygen atoms in total. The minimum Gasteiger partial charge on any atom is -0.493 e. The van der Waals surface area contributed by atoms with E-state index >= 15 is 0 Å². The standard InChI is InChI=1S/C21H23NO4S/c1-24-19-6-5-16(12-20(19)25-2)13-21(23)22(14-17-8-10-26-15-17)9-7-18-4-3-11-27-18/h3-6,8,10-12,15H,7,9,13-14H2,1-2H3. The van der Waals surface area contributed by atoms with E-state index in [-0.39, 0.29) is 5.91 Å². The molecule has 0 atom stereocenters. The van der Waals surface area contributed by atoms with Gasteiger partial charge in [0.25, 0.3) is 0 Å². The molecule has 2 heterocycles. The Labute approximate surface area is 163 Å². The molecule has 0 aliphatic heterocycles. The highest BCUT2D eigenvalue weighted by atomic mass is 32.1. The average Bonchev–Trinajstić information content (AvgIpc) is 3.38. The van der Waals surface area contributed by atoms with E-state index in [0.29, 0.717) is 31.0 Å². The number of nitrogens with zero attached hydrogens (tertiary/aromatic N) is 1. The lowest BCUT2D eigenvalue weighted by atomic mass is 10.1. The number of amides is 1. The average molecular weight is 385 g/mol. The second-order valence-corrected chi connectivity index (χ2v) is 7.17. The molecular formula is C21H23NO4S. The first-order chi connectivity index (χ1) is 13.2. The van der Waals surface area contributed by atoms with Crippen LogP contribution >= 0.6 is 11.3 Å². The van der Waals surface area contributed by atoms with E-state index in [4.69, 9.17) is 13.9 Å². The van der Waals surface area contributed by atoms with Gasteiger partial charge < -0.3 is 18.8 Å². The van der Waals surface area contributed by atoms with Crippen LogP contribution in [-0.4, -0.2) is 31.6 Å². The number of methoxy groups -OCH3 is 2. The molecule has 3 rings (SSSR count). The Morgan fingerprint density at radius 2 is 1.96 bits per heavy atom. The molecule has 142 valence electrons. The van der Waals surface area contributed by atoms with Gasteiger partial charge in [0.2, 0.25) is 5.91 Å². The molecule has 1 amide bonds. The van der Waals surface area contributed by atoms with Gasteiger partial charge in [-0.15, -0.1) is 11.3 Å². The van der Waals surface area contributed by atoms with Crippen molar-refractivity contribution in [3.8, 4) is 11.5 Å². The van der Waals surface area contributed by atoms with Crippen molar-refractivity contribution in [2.45, 2.75) is 19.4 Å². The number of carbonyl (C=O) groups is 1. The third-order valence-corrected chi connectivity index (χ3v) is 5.25. The molecule has 1 aromatic carbocycles. The molecule has 2 aromatic heterocycles. The van der Waals surface area contributed by atoms with Crippen LogP contribution in [0.15, 0.2) is 58.7 Å². The molecule has 0 N–H and O–H groups in total. The Morgan fingerprint density at radius 3 is 2.63 bits per heavy atom. The Bertz CT molecular complexity index is 843. The van der Waals surface area contributed by atoms with E-state index in [2.05, 4.69) is 11.4 Å². The van der Waals surface area contributed by atoms with Crippen LogP contribution in [0.5, 0.6) is 11.5 Å². The Balaban J connectivity index is 1.71. The predicted octanol–water partition coefficient (Wildman–Crippen LogP) is 4.17. The molecule has 0 bridgehead atoms. The number of ether oxygens (including phenoxy) is 2. The van der Waals surface area contributed by atoms with Crippen molar-refractivity contribution in [2.75, 3.05) is 20.8 Å². The van der Waals surface area contributed by atoms with Crippen LogP contribution in [-0.2, 0) is 24.2 Å². The SMILES string of the molecule is COc1ccc(CC(=O)N(CCc2cccs2)Cc2ccoc2)cc1OC. The maximum absolute atomic E-state index is 13.0. The maximum atomic E-state index is 13.0. The number of hydrogen-bond donors (Lipinski definition) is 0. The summed E-state index contributed by atoms with van der Waals surface area (Å²) in [6.45, 7) is 1.20. The highest BCUT2D eigenvalue weighted by Gasteiger charge is 2.17. The van der Waals surface area contributed by atoms with Gasteiger partial charge in [-0.3, -0.25) is 4.79 Å². The van der Waals surface area contributed by atoms with E-state index < -0.39 is 0 Å². The molecule has 0 aliphatic rings. The van der Waals surface area contributed by atoms with Crippen LogP contribution < -0.4 is 9.47 Å². The van der Waals surface area contributed by atoms with Crippen molar-refractivity contribution in [2.24, 2.45) is 0 Å². The number of hydrogen-bond acceptors (Lipinski definition) is 5. The van der Waals surface area contributed by atoms with Crippen LogP contribution in [0.4, 0.5) is 0 Å². The lowest BCUT2D eigenvalue weighted by Crippen LogP contribution is -2.33. The fourth-order valence-corrected chi connectivity index (χ4v) is 3.57. The van der Waals surface area contributed by atoms with E-state index in [1.807, 2.05) is 35.2 Å². The monoisotopic (exact) mass is 385 g/mol. The Kier molecular flexibility index (Phi) is 6.54. The smallest absolute Gasteiger partial charge is 0.227 e. The van der Waals surface area contributed by atoms with Crippen LogP contribution in [0.3, 0.4) is 0 Å². The molecule has 0 radical (unpaired) electrons. The van der Waals surface area contributed by atoms with Crippen molar-refractivity contribution in [1.82, 2.24) is 4.90 Å². The molecule has 3 aromatic rings. The summed E-state index contributed by atoms with van der Waals surface area (Å²) in [7, 11) is 3.19. The van der Waals surface area contributed by atoms with Gasteiger partial charge in [0.15, 0.2) is 11.5 Å². The van der Waals surface area contributed by atoms with Gasteiger partial charge in [0.1, 0.15) is 0 Å². The first-order valence-corrected chi connectivity index (χ1v) is 9.59. The zero-order chi connectivity index (χ0) is 19.1. The number of carbonyl (C=O) groups excluding carboxylic acids is 1. The zero-order valence-corrected chi connectivity index (χ0v) is 16.3. The van der Waals surface area contributed by atoms with Crippen molar-refractivity contribution < 1.29 is 18.7 Å². The molecular weight excluding hydrogens is 362 g/mol. The molecule has 0 aliphatic carbocycles. The van der Waals surface area contributed by atoms with E-state index in [9.17, 15) is 4.79 Å². The van der Waals surface area contributed by atoms with E-state index in [1.165, 1.54) is 4.88 Å². The topological polar surface area (TPSA) is 51.9 Å². The van der Waals surface area contributed by atoms with E-state index in [0.717, 1.165) is 17.5 Å². The van der Waals surface area contributed by atoms with Gasteiger partial charge in [-0.2, -0.15) is 0 Å². The minimum absolute atomic E-state index is 0.0694. The first kappa shape index (κ1) is 19.0. The fraction of sp³-hybridized carbons (Fsp3) is 0.286. The number of rotatable bonds is 9. The third-order valence-electron chi connectivity index (χ3n) is 4.32. The summed E-state index contributed by atoms with van der Waals surface area (Å²) in [4.78, 5) is 16.1. The lowest BCUT2D eigenvalue weighted by molar-refractivity contribution is -0.131. The Hall–Kier alpha value is -2.73. The number of thiophene rings is 1. The van der Waals surface area contributed by atoms with Crippen molar-refractivity contribution in [3.05, 3.63) is 70.3 Å². The third kappa shape index (κ3) is 5.14. The maximum Gasteiger partial charge on any atom is 0.227 e. The van der Waals surface area contributed by atoms with Crippen LogP contribution in [0.1, 0.15) is 16.0 Å². The molecule has 0 saturated heterocycles. The van der Waals surface area contributed by atoms with Crippen molar-refractivity contribution >= 4 is 17.2 Å². The predicted molar refractivity (Wildman–Crippen MR) is 105 cm³/mol. The van der Waals surface area contributed by atoms with Crippen LogP contribution in [0.2, 0.25) is 0 Å². The number of furan rings is 1. The lowest BCUT2D eigenvalue weighted by Gasteiger charge is -2.22. The summed E-state index contributed by atoms with van der Waals surface area (Å²) >= 11 is 1.71. The minimum atomic E-state index is 0.0694. The quantitative estimate of drug-likeness (QED) is 0.555. The van der Waals surface area contributed by atoms with Gasteiger partial charge in [-0.1, -0.05) is 12.1 Å².